The summed E-state index contributed by atoms with van der Waals surface area (Å²) in [6, 6.07) is 21.0. The van der Waals surface area contributed by atoms with E-state index in [0.717, 1.165) is 22.0 Å². The van der Waals surface area contributed by atoms with Crippen molar-refractivity contribution in [3.05, 3.63) is 77.9 Å². The third-order valence-electron chi connectivity index (χ3n) is 4.83. The normalized spacial score (nSPS) is 15.7. The third kappa shape index (κ3) is 3.50. The molecule has 0 spiro atoms. The van der Waals surface area contributed by atoms with Crippen LogP contribution in [-0.4, -0.2) is 31.0 Å². The molecule has 0 radical (unpaired) electrons. The van der Waals surface area contributed by atoms with Gasteiger partial charge in [-0.1, -0.05) is 48.5 Å². The molecule has 1 aliphatic heterocycles. The van der Waals surface area contributed by atoms with Gasteiger partial charge in [-0.3, -0.25) is 19.8 Å². The van der Waals surface area contributed by atoms with Gasteiger partial charge in [-0.2, -0.15) is 0 Å². The molecule has 1 aliphatic rings. The summed E-state index contributed by atoms with van der Waals surface area (Å²) >= 11 is 5.33. The molecule has 144 valence electrons. The van der Waals surface area contributed by atoms with Crippen molar-refractivity contribution in [2.24, 2.45) is 0 Å². The quantitative estimate of drug-likeness (QED) is 0.413. The fourth-order valence-corrected chi connectivity index (χ4v) is 3.59. The summed E-state index contributed by atoms with van der Waals surface area (Å²) in [6.07, 6.45) is 1.59. The van der Waals surface area contributed by atoms with Crippen molar-refractivity contribution in [2.45, 2.75) is 0 Å². The topological polar surface area (TPSA) is 52.7 Å². The molecule has 1 N–H and O–H groups in total. The number of benzene rings is 3. The Balaban J connectivity index is 1.76. The molecule has 2 amide bonds. The molecule has 6 heteroatoms. The Morgan fingerprint density at radius 2 is 1.62 bits per heavy atom. The van der Waals surface area contributed by atoms with Gasteiger partial charge >= 0.3 is 0 Å². The minimum Gasteiger partial charge on any atom is -0.378 e. The number of thiocarbonyl (C=S) groups is 1. The molecule has 1 heterocycles. The second-order valence-electron chi connectivity index (χ2n) is 6.94. The number of amides is 2. The zero-order valence-electron chi connectivity index (χ0n) is 16.0. The molecule has 0 atom stereocenters. The molecule has 0 unspecified atom stereocenters. The third-order valence-corrected chi connectivity index (χ3v) is 5.11. The second-order valence-corrected chi connectivity index (χ2v) is 7.33. The summed E-state index contributed by atoms with van der Waals surface area (Å²) in [5, 5.41) is 4.60. The summed E-state index contributed by atoms with van der Waals surface area (Å²) in [4.78, 5) is 29.2. The number of anilines is 2. The molecule has 0 aliphatic carbocycles. The largest absolute Gasteiger partial charge is 0.378 e. The van der Waals surface area contributed by atoms with E-state index in [1.165, 1.54) is 4.90 Å². The molecule has 1 fully saturated rings. The highest BCUT2D eigenvalue weighted by atomic mass is 32.1. The molecule has 5 nitrogen and oxygen atoms in total. The highest BCUT2D eigenvalue weighted by Gasteiger charge is 2.35. The summed E-state index contributed by atoms with van der Waals surface area (Å²) in [5.74, 6) is -0.931. The smallest absolute Gasteiger partial charge is 0.270 e. The Kier molecular flexibility index (Phi) is 4.86. The van der Waals surface area contributed by atoms with Gasteiger partial charge in [0.15, 0.2) is 5.11 Å². The molecular formula is C23H19N3O2S. The highest BCUT2D eigenvalue weighted by Crippen LogP contribution is 2.30. The molecule has 4 rings (SSSR count). The van der Waals surface area contributed by atoms with E-state index < -0.39 is 11.8 Å². The Morgan fingerprint density at radius 1 is 0.931 bits per heavy atom. The van der Waals surface area contributed by atoms with Crippen LogP contribution in [0.15, 0.2) is 72.3 Å². The van der Waals surface area contributed by atoms with Gasteiger partial charge in [0, 0.05) is 25.2 Å². The predicted molar refractivity (Wildman–Crippen MR) is 121 cm³/mol. The van der Waals surface area contributed by atoms with Gasteiger partial charge in [-0.25, -0.2) is 0 Å². The monoisotopic (exact) mass is 401 g/mol. The standard InChI is InChI=1S/C23H19N3O2S/c1-25(2)17-12-10-15(11-13-17)14-19-21(27)24-23(29)26(22(19)28)20-9-5-7-16-6-3-4-8-18(16)20/h3-14H,1-2H3,(H,24,27,29). The van der Waals surface area contributed by atoms with Gasteiger partial charge in [-0.15, -0.1) is 0 Å². The van der Waals surface area contributed by atoms with E-state index in [2.05, 4.69) is 5.32 Å². The van der Waals surface area contributed by atoms with Crippen LogP contribution < -0.4 is 15.1 Å². The zero-order chi connectivity index (χ0) is 20.5. The van der Waals surface area contributed by atoms with Gasteiger partial charge in [0.2, 0.25) is 0 Å². The van der Waals surface area contributed by atoms with E-state index in [0.29, 0.717) is 5.69 Å². The average Bonchev–Trinajstić information content (AvgIpc) is 2.71. The lowest BCUT2D eigenvalue weighted by atomic mass is 10.0. The summed E-state index contributed by atoms with van der Waals surface area (Å²) < 4.78 is 0. The molecule has 1 saturated heterocycles. The van der Waals surface area contributed by atoms with E-state index in [1.54, 1.807) is 6.08 Å². The summed E-state index contributed by atoms with van der Waals surface area (Å²) in [5.41, 5.74) is 2.49. The van der Waals surface area contributed by atoms with Crippen molar-refractivity contribution in [3.63, 3.8) is 0 Å². The van der Waals surface area contributed by atoms with Crippen molar-refractivity contribution >= 4 is 57.4 Å². The van der Waals surface area contributed by atoms with Crippen LogP contribution in [0.1, 0.15) is 5.56 Å². The number of fused-ring (bicyclic) bond motifs is 1. The maximum atomic E-state index is 13.3. The number of nitrogens with zero attached hydrogens (tertiary/aromatic N) is 2. The fourth-order valence-electron chi connectivity index (χ4n) is 3.31. The lowest BCUT2D eigenvalue weighted by molar-refractivity contribution is -0.122. The van der Waals surface area contributed by atoms with Gasteiger partial charge in [0.1, 0.15) is 5.57 Å². The van der Waals surface area contributed by atoms with Crippen LogP contribution in [-0.2, 0) is 9.59 Å². The lowest BCUT2D eigenvalue weighted by Gasteiger charge is -2.29. The molecule has 3 aromatic carbocycles. The number of hydrogen-bond donors (Lipinski definition) is 1. The molecule has 0 bridgehead atoms. The van der Waals surface area contributed by atoms with Crippen molar-refractivity contribution < 1.29 is 9.59 Å². The Morgan fingerprint density at radius 3 is 2.34 bits per heavy atom. The maximum Gasteiger partial charge on any atom is 0.270 e. The first kappa shape index (κ1) is 18.8. The minimum atomic E-state index is -0.492. The first-order valence-electron chi connectivity index (χ1n) is 9.12. The van der Waals surface area contributed by atoms with E-state index in [9.17, 15) is 9.59 Å². The second kappa shape index (κ2) is 7.48. The highest BCUT2D eigenvalue weighted by molar-refractivity contribution is 7.80. The zero-order valence-corrected chi connectivity index (χ0v) is 16.9. The van der Waals surface area contributed by atoms with Crippen molar-refractivity contribution in [1.82, 2.24) is 5.32 Å². The SMILES string of the molecule is CN(C)c1ccc(C=C2C(=O)NC(=S)N(c3cccc4ccccc34)C2=O)cc1. The lowest BCUT2D eigenvalue weighted by Crippen LogP contribution is -2.54. The molecule has 0 aromatic heterocycles. The fraction of sp³-hybridized carbons (Fsp3) is 0.0870. The van der Waals surface area contributed by atoms with Crippen LogP contribution in [0.4, 0.5) is 11.4 Å². The van der Waals surface area contributed by atoms with Crippen LogP contribution in [0.5, 0.6) is 0 Å². The number of hydrogen-bond acceptors (Lipinski definition) is 4. The van der Waals surface area contributed by atoms with E-state index in [4.69, 9.17) is 12.2 Å². The summed E-state index contributed by atoms with van der Waals surface area (Å²) in [6.45, 7) is 0. The van der Waals surface area contributed by atoms with Crippen molar-refractivity contribution in [1.29, 1.82) is 0 Å². The van der Waals surface area contributed by atoms with Crippen LogP contribution >= 0.6 is 12.2 Å². The van der Waals surface area contributed by atoms with Crippen LogP contribution in [0.25, 0.3) is 16.8 Å². The molecule has 0 saturated carbocycles. The van der Waals surface area contributed by atoms with Gasteiger partial charge in [0.05, 0.1) is 5.69 Å². The van der Waals surface area contributed by atoms with Crippen LogP contribution in [0, 0.1) is 0 Å². The Hall–Kier alpha value is -3.51. The number of carbonyl (C=O) groups is 2. The Bertz CT molecular complexity index is 1160. The van der Waals surface area contributed by atoms with Gasteiger partial charge in [0.25, 0.3) is 11.8 Å². The number of rotatable bonds is 3. The number of carbonyl (C=O) groups excluding carboxylic acids is 2. The van der Waals surface area contributed by atoms with E-state index in [1.807, 2.05) is 85.7 Å². The van der Waals surface area contributed by atoms with Crippen molar-refractivity contribution in [3.8, 4) is 0 Å². The Labute approximate surface area is 174 Å². The first-order valence-corrected chi connectivity index (χ1v) is 9.53. The van der Waals surface area contributed by atoms with E-state index in [-0.39, 0.29) is 10.7 Å². The average molecular weight is 401 g/mol. The van der Waals surface area contributed by atoms with Gasteiger partial charge < -0.3 is 4.90 Å². The van der Waals surface area contributed by atoms with Crippen molar-refractivity contribution in [2.75, 3.05) is 23.9 Å². The van der Waals surface area contributed by atoms with Crippen LogP contribution in [0.3, 0.4) is 0 Å². The first-order chi connectivity index (χ1) is 14.0. The molecule has 29 heavy (non-hydrogen) atoms. The van der Waals surface area contributed by atoms with Gasteiger partial charge in [-0.05, 0) is 47.4 Å². The molecule has 3 aromatic rings. The van der Waals surface area contributed by atoms with Crippen LogP contribution in [0.2, 0.25) is 0 Å². The summed E-state index contributed by atoms with van der Waals surface area (Å²) in [7, 11) is 3.91. The van der Waals surface area contributed by atoms with E-state index >= 15 is 0 Å². The molecular weight excluding hydrogens is 382 g/mol. The number of nitrogens with one attached hydrogen (secondary N) is 1. The maximum absolute atomic E-state index is 13.3. The predicted octanol–water partition coefficient (Wildman–Crippen LogP) is 3.74. The minimum absolute atomic E-state index is 0.0455.